The summed E-state index contributed by atoms with van der Waals surface area (Å²) in [5.74, 6) is -27.1. The Kier molecular flexibility index (Phi) is 53.3. The minimum atomic E-state index is -1.97. The van der Waals surface area contributed by atoms with Gasteiger partial charge in [0.15, 0.2) is 0 Å². The van der Waals surface area contributed by atoms with Gasteiger partial charge in [-0.15, -0.1) is 0 Å². The fourth-order valence-electron chi connectivity index (χ4n) is 13.9. The van der Waals surface area contributed by atoms with Crippen LogP contribution in [0.5, 0.6) is 5.75 Å². The van der Waals surface area contributed by atoms with Gasteiger partial charge in [-0.05, 0) is 111 Å². The third kappa shape index (κ3) is 41.2. The Morgan fingerprint density at radius 2 is 0.647 bits per heavy atom. The molecule has 52 heteroatoms. The zero-order chi connectivity index (χ0) is 106. The van der Waals surface area contributed by atoms with Crippen LogP contribution in [0.3, 0.4) is 0 Å². The summed E-state index contributed by atoms with van der Waals surface area (Å²) in [6, 6.07) is -25.7. The Morgan fingerprint density at radius 3 is 1.02 bits per heavy atom. The zero-order valence-electron chi connectivity index (χ0n) is 81.1. The van der Waals surface area contributed by atoms with Crippen molar-refractivity contribution in [3.63, 3.8) is 0 Å². The molecule has 1 aliphatic rings. The first-order valence-corrected chi connectivity index (χ1v) is 45.7. The first kappa shape index (κ1) is 123. The lowest BCUT2D eigenvalue weighted by atomic mass is 9.98. The van der Waals surface area contributed by atoms with Crippen molar-refractivity contribution in [2.75, 3.05) is 59.3 Å². The van der Waals surface area contributed by atoms with Gasteiger partial charge in [0.05, 0.1) is 64.9 Å². The number of aliphatic hydroxyl groups is 8. The number of hydrogen-bond donors (Lipinski definition) is 30. The van der Waals surface area contributed by atoms with Gasteiger partial charge >= 0.3 is 5.97 Å². The highest BCUT2D eigenvalue weighted by Crippen LogP contribution is 2.23. The molecule has 20 atom stereocenters. The van der Waals surface area contributed by atoms with Gasteiger partial charge in [-0.3, -0.25) is 95.9 Å². The van der Waals surface area contributed by atoms with Crippen molar-refractivity contribution in [2.45, 2.75) is 283 Å². The quantitative estimate of drug-likeness (QED) is 0.0288. The van der Waals surface area contributed by atoms with Gasteiger partial charge in [-0.2, -0.15) is 0 Å². The van der Waals surface area contributed by atoms with Crippen molar-refractivity contribution in [3.05, 3.63) is 29.8 Å². The molecule has 32 N–H and O–H groups in total. The Morgan fingerprint density at radius 1 is 0.353 bits per heavy atom. The van der Waals surface area contributed by atoms with Gasteiger partial charge in [-0.25, -0.2) is 4.79 Å². The molecule has 52 nitrogen and oxygen atoms in total. The molecule has 20 amide bonds. The molecule has 0 saturated carbocycles. The number of amides is 20. The second kappa shape index (κ2) is 60.4. The van der Waals surface area contributed by atoms with Crippen molar-refractivity contribution < 1.29 is 152 Å². The van der Waals surface area contributed by atoms with E-state index >= 15 is 0 Å². The molecular formula is C87H145N21O31. The van der Waals surface area contributed by atoms with E-state index in [4.69, 9.17) is 11.5 Å². The maximum absolute atomic E-state index is 14.5. The number of likely N-dealkylation sites (tertiary alicyclic amines) is 1. The third-order valence-corrected chi connectivity index (χ3v) is 21.8. The number of phenolic OH excluding ortho intramolecular Hbond substituents is 1. The first-order valence-electron chi connectivity index (χ1n) is 45.7. The number of hydrogen-bond acceptors (Lipinski definition) is 31. The third-order valence-electron chi connectivity index (χ3n) is 21.8. The molecule has 1 saturated heterocycles. The number of aliphatic carboxylic acids is 1. The largest absolute Gasteiger partial charge is 0.508 e. The van der Waals surface area contributed by atoms with Gasteiger partial charge < -0.3 is 163 Å². The van der Waals surface area contributed by atoms with Gasteiger partial charge in [0.25, 0.3) is 0 Å². The van der Waals surface area contributed by atoms with E-state index in [0.29, 0.717) is 0 Å². The highest BCUT2D eigenvalue weighted by Gasteiger charge is 2.45. The van der Waals surface area contributed by atoms with Gasteiger partial charge in [-0.1, -0.05) is 109 Å². The number of carboxylic acid groups (broad SMARTS) is 1. The van der Waals surface area contributed by atoms with Crippen molar-refractivity contribution in [2.24, 2.45) is 52.9 Å². The van der Waals surface area contributed by atoms with Crippen LogP contribution in [0, 0.1) is 41.4 Å². The van der Waals surface area contributed by atoms with Crippen LogP contribution in [0.25, 0.3) is 0 Å². The van der Waals surface area contributed by atoms with Crippen molar-refractivity contribution in [3.8, 4) is 5.75 Å². The molecular weight excluding hydrogens is 1840 g/mol. The highest BCUT2D eigenvalue weighted by molar-refractivity contribution is 6.02. The summed E-state index contributed by atoms with van der Waals surface area (Å²) in [4.78, 5) is 287. The van der Waals surface area contributed by atoms with E-state index in [9.17, 15) is 152 Å². The monoisotopic (exact) mass is 1980 g/mol. The number of carboxylic acids is 1. The summed E-state index contributed by atoms with van der Waals surface area (Å²) in [5, 5.41) is 144. The second-order valence-electron chi connectivity index (χ2n) is 36.5. The van der Waals surface area contributed by atoms with Crippen LogP contribution in [-0.2, 0) is 107 Å². The number of carbonyl (C=O) groups excluding carboxylic acids is 20. The van der Waals surface area contributed by atoms with E-state index in [1.54, 1.807) is 55.4 Å². The van der Waals surface area contributed by atoms with E-state index in [1.807, 2.05) is 5.32 Å². The Bertz CT molecular complexity index is 4350. The topological polar surface area (TPSA) is 833 Å². The van der Waals surface area contributed by atoms with Gasteiger partial charge in [0, 0.05) is 19.4 Å². The molecule has 0 aliphatic carbocycles. The molecule has 784 valence electrons. The lowest BCUT2D eigenvalue weighted by Gasteiger charge is -2.33. The van der Waals surface area contributed by atoms with Crippen LogP contribution >= 0.6 is 0 Å². The molecule has 0 unspecified atom stereocenters. The lowest BCUT2D eigenvalue weighted by molar-refractivity contribution is -0.145. The number of primary amides is 1. The predicted octanol–water partition coefficient (Wildman–Crippen LogP) is -11.9. The maximum atomic E-state index is 14.5. The normalized spacial score (nSPS) is 16.6. The average molecular weight is 1980 g/mol. The lowest BCUT2D eigenvalue weighted by Crippen LogP contribution is -2.64. The molecule has 0 aromatic heterocycles. The fraction of sp³-hybridized carbons (Fsp3) is 0.690. The number of aliphatic hydroxyl groups excluding tert-OH is 8. The standard InChI is InChI=1S/C87H145N21O31/c1-38(2)26-50(91-63(119)30-90-70(121)54(31-109)96-77(128)56(33-111)97-71(122)49(23-24-62(89)118)92-73(124)52(28-40(5)6)95-82(133)64(41(7)8)103-69(120)45(15)88)72(123)94-53(29-47-19-21-48(117)22-20-47)75(126)99-55(32-110)76(127)93-51(27-39(3)4)74(125)98-57(34-112)78(129)100-59(36-114)80(131)104-65(42(9)10)83(134)105-66(43(11)12)84(135)107-68(46(16)116)85(136)106-67(44(13)14)86(137)108-25-17-18-61(108)81(132)101-58(35-113)79(130)102-60(37-115)87(138)139/h19-22,38-46,49-61,64-68,109-117H,17-18,23-37,88H2,1-16H3,(H2,89,118)(H,90,121)(H,91,119)(H,92,124)(H,93,127)(H,94,123)(H,95,133)(H,96,128)(H,97,122)(H,98,125)(H,99,126)(H,100,129)(H,101,132)(H,102,130)(H,103,120)(H,104,131)(H,105,134)(H,106,136)(H,107,135)(H,138,139)/t45-,46+,49-,50-,51-,52-,53-,54-,55-,56-,57-,58-,59-,60-,61-,64-,65-,66-,67-,68-/m0/s1. The number of nitrogens with two attached hydrogens (primary N) is 2. The molecule has 1 heterocycles. The van der Waals surface area contributed by atoms with E-state index in [0.717, 1.165) is 11.8 Å². The van der Waals surface area contributed by atoms with Gasteiger partial charge in [0.2, 0.25) is 118 Å². The van der Waals surface area contributed by atoms with Crippen LogP contribution in [0.4, 0.5) is 0 Å². The summed E-state index contributed by atoms with van der Waals surface area (Å²) in [6.07, 6.45) is -3.20. The van der Waals surface area contributed by atoms with Crippen LogP contribution in [-0.4, -0.2) is 360 Å². The molecule has 1 aromatic carbocycles. The smallest absolute Gasteiger partial charge is 0.328 e. The number of carbonyl (C=O) groups is 21. The van der Waals surface area contributed by atoms with Crippen molar-refractivity contribution in [1.29, 1.82) is 0 Å². The van der Waals surface area contributed by atoms with E-state index in [-0.39, 0.29) is 55.9 Å². The molecule has 139 heavy (non-hydrogen) atoms. The van der Waals surface area contributed by atoms with Crippen LogP contribution in [0.1, 0.15) is 161 Å². The zero-order valence-corrected chi connectivity index (χ0v) is 81.1. The number of nitrogens with one attached hydrogen (secondary N) is 18. The molecule has 1 fully saturated rings. The minimum absolute atomic E-state index is 0.0100. The van der Waals surface area contributed by atoms with E-state index < -0.39 is 353 Å². The van der Waals surface area contributed by atoms with E-state index in [2.05, 4.69) is 90.4 Å². The number of nitrogens with zero attached hydrogens (tertiary/aromatic N) is 1. The van der Waals surface area contributed by atoms with Crippen molar-refractivity contribution in [1.82, 2.24) is 101 Å². The summed E-state index contributed by atoms with van der Waals surface area (Å²) in [6.45, 7) is 15.8. The predicted molar refractivity (Wildman–Crippen MR) is 491 cm³/mol. The molecule has 0 radical (unpaired) electrons. The highest BCUT2D eigenvalue weighted by atomic mass is 16.4. The summed E-state index contributed by atoms with van der Waals surface area (Å²) in [5.41, 5.74) is 11.3. The second-order valence-corrected chi connectivity index (χ2v) is 36.5. The molecule has 1 aromatic rings. The number of rotatable bonds is 61. The molecule has 1 aliphatic heterocycles. The molecule has 0 spiro atoms. The van der Waals surface area contributed by atoms with Crippen molar-refractivity contribution >= 4 is 124 Å². The number of benzene rings is 1. The Balaban J connectivity index is 2.32. The average Bonchev–Trinajstić information content (AvgIpc) is 1.69. The van der Waals surface area contributed by atoms with Crippen LogP contribution in [0.15, 0.2) is 24.3 Å². The van der Waals surface area contributed by atoms with Crippen LogP contribution < -0.4 is 107 Å². The number of aromatic hydroxyl groups is 1. The fourth-order valence-corrected chi connectivity index (χ4v) is 13.9. The van der Waals surface area contributed by atoms with E-state index in [1.165, 1.54) is 72.7 Å². The van der Waals surface area contributed by atoms with Gasteiger partial charge in [0.1, 0.15) is 115 Å². The Labute approximate surface area is 804 Å². The number of phenols is 1. The first-order chi connectivity index (χ1) is 65.0. The minimum Gasteiger partial charge on any atom is -0.508 e. The summed E-state index contributed by atoms with van der Waals surface area (Å²) >= 11 is 0. The van der Waals surface area contributed by atoms with Crippen LogP contribution in [0.2, 0.25) is 0 Å². The Hall–Kier alpha value is -12.5. The molecule has 0 bridgehead atoms. The SMILES string of the molecule is CC(C)C[C@H](NC(=O)CNC(=O)[C@H](CO)NC(=O)[C@H](CO)NC(=O)[C@H](CCC(N)=O)NC(=O)[C@H](CC(C)C)NC(=O)[C@@H](NC(=O)[C@H](C)N)C(C)C)C(=O)N[C@@H](Cc1ccc(O)cc1)C(=O)N[C@@H](CO)C(=O)N[C@@H](CC(C)C)C(=O)N[C@@H](CO)C(=O)N[C@@H](CO)C(=O)N[C@H](C(=O)N[C@H](C(=O)N[C@H](C(=O)N[C@H](C(=O)N1CCC[C@H]1C(=O)N[C@@H](CO)C(=O)N[C@@H](CO)C(=O)O)C(C)C)[C@@H](C)O)C(C)C)C(C)C. The summed E-state index contributed by atoms with van der Waals surface area (Å²) in [7, 11) is 0. The molecule has 2 rings (SSSR count). The summed E-state index contributed by atoms with van der Waals surface area (Å²) < 4.78 is 0. The maximum Gasteiger partial charge on any atom is 0.328 e.